The summed E-state index contributed by atoms with van der Waals surface area (Å²) >= 11 is 0. The lowest BCUT2D eigenvalue weighted by atomic mass is 10.3. The molecule has 0 aliphatic rings. The van der Waals surface area contributed by atoms with Gasteiger partial charge in [-0.2, -0.15) is 0 Å². The summed E-state index contributed by atoms with van der Waals surface area (Å²) in [4.78, 5) is 4.29. The maximum absolute atomic E-state index is 9.20. The second kappa shape index (κ2) is 3.89. The van der Waals surface area contributed by atoms with Gasteiger partial charge in [-0.3, -0.25) is 0 Å². The molecule has 74 valence electrons. The first-order valence-electron chi connectivity index (χ1n) is 4.48. The minimum Gasteiger partial charge on any atom is -0.392 e. The van der Waals surface area contributed by atoms with Crippen LogP contribution in [0, 0.1) is 6.92 Å². The Kier molecular flexibility index (Phi) is 3.06. The van der Waals surface area contributed by atoms with Crippen LogP contribution in [0.15, 0.2) is 6.20 Å². The van der Waals surface area contributed by atoms with E-state index in [1.165, 1.54) is 0 Å². The highest BCUT2D eigenvalue weighted by Crippen LogP contribution is 2.09. The number of imidazole rings is 1. The van der Waals surface area contributed by atoms with Crippen LogP contribution < -0.4 is 5.73 Å². The third kappa shape index (κ3) is 2.54. The van der Waals surface area contributed by atoms with E-state index in [-0.39, 0.29) is 12.1 Å². The largest absolute Gasteiger partial charge is 0.392 e. The van der Waals surface area contributed by atoms with Crippen LogP contribution >= 0.6 is 0 Å². The summed E-state index contributed by atoms with van der Waals surface area (Å²) in [5.41, 5.74) is 6.56. The van der Waals surface area contributed by atoms with E-state index < -0.39 is 0 Å². The van der Waals surface area contributed by atoms with Crippen molar-refractivity contribution < 1.29 is 5.11 Å². The van der Waals surface area contributed by atoms with E-state index in [1.54, 1.807) is 6.92 Å². The smallest absolute Gasteiger partial charge is 0.105 e. The van der Waals surface area contributed by atoms with Crippen molar-refractivity contribution in [2.24, 2.45) is 5.73 Å². The highest BCUT2D eigenvalue weighted by atomic mass is 16.3. The van der Waals surface area contributed by atoms with Gasteiger partial charge in [-0.05, 0) is 20.8 Å². The predicted octanol–water partition coefficient (Wildman–Crippen LogP) is 0.592. The van der Waals surface area contributed by atoms with Crippen LogP contribution in [0.1, 0.15) is 31.4 Å². The minimum absolute atomic E-state index is 0.0473. The Hall–Kier alpha value is -0.870. The molecular weight excluding hydrogens is 166 g/mol. The molecule has 0 fully saturated rings. The Morgan fingerprint density at radius 3 is 2.62 bits per heavy atom. The van der Waals surface area contributed by atoms with Crippen LogP contribution in [0.5, 0.6) is 0 Å². The summed E-state index contributed by atoms with van der Waals surface area (Å²) in [5.74, 6) is 0.896. The first-order valence-corrected chi connectivity index (χ1v) is 4.48. The van der Waals surface area contributed by atoms with Crippen LogP contribution in [-0.2, 0) is 6.54 Å². The fraction of sp³-hybridized carbons (Fsp3) is 0.667. The molecule has 0 saturated heterocycles. The van der Waals surface area contributed by atoms with E-state index in [0.717, 1.165) is 11.5 Å². The van der Waals surface area contributed by atoms with Gasteiger partial charge in [0, 0.05) is 18.8 Å². The summed E-state index contributed by atoms with van der Waals surface area (Å²) in [6, 6.07) is -0.0473. The molecule has 3 N–H and O–H groups in total. The lowest BCUT2D eigenvalue weighted by Crippen LogP contribution is -2.12. The minimum atomic E-state index is -0.353. The van der Waals surface area contributed by atoms with Crippen molar-refractivity contribution >= 4 is 0 Å². The maximum Gasteiger partial charge on any atom is 0.105 e. The first-order chi connectivity index (χ1) is 6.00. The van der Waals surface area contributed by atoms with Crippen molar-refractivity contribution in [3.05, 3.63) is 17.7 Å². The number of aryl methyl sites for hydroxylation is 1. The summed E-state index contributed by atoms with van der Waals surface area (Å²) in [6.07, 6.45) is 1.54. The van der Waals surface area contributed by atoms with Crippen LogP contribution in [0.4, 0.5) is 0 Å². The summed E-state index contributed by atoms with van der Waals surface area (Å²) in [7, 11) is 0. The number of aromatic nitrogens is 2. The Balaban J connectivity index is 2.83. The molecule has 0 spiro atoms. The normalized spacial score (nSPS) is 15.8. The van der Waals surface area contributed by atoms with E-state index in [1.807, 2.05) is 24.6 Å². The van der Waals surface area contributed by atoms with Gasteiger partial charge < -0.3 is 15.4 Å². The molecule has 0 amide bonds. The fourth-order valence-corrected chi connectivity index (χ4v) is 1.22. The molecule has 0 saturated carbocycles. The number of nitrogens with two attached hydrogens (primary N) is 1. The zero-order chi connectivity index (χ0) is 10.0. The van der Waals surface area contributed by atoms with Gasteiger partial charge >= 0.3 is 0 Å². The zero-order valence-electron chi connectivity index (χ0n) is 8.36. The van der Waals surface area contributed by atoms with Gasteiger partial charge in [-0.15, -0.1) is 0 Å². The molecule has 1 aromatic rings. The Morgan fingerprint density at radius 2 is 2.23 bits per heavy atom. The van der Waals surface area contributed by atoms with Gasteiger partial charge in [0.05, 0.1) is 11.8 Å². The zero-order valence-corrected chi connectivity index (χ0v) is 8.36. The van der Waals surface area contributed by atoms with E-state index in [9.17, 15) is 5.11 Å². The average molecular weight is 183 g/mol. The van der Waals surface area contributed by atoms with Gasteiger partial charge in [-0.25, -0.2) is 4.98 Å². The second-order valence-electron chi connectivity index (χ2n) is 3.50. The number of aliphatic hydroxyl groups is 1. The number of hydrogen-bond acceptors (Lipinski definition) is 3. The summed E-state index contributed by atoms with van der Waals surface area (Å²) in [5, 5.41) is 9.20. The van der Waals surface area contributed by atoms with E-state index in [4.69, 9.17) is 5.73 Å². The molecule has 13 heavy (non-hydrogen) atoms. The molecule has 4 heteroatoms. The molecule has 0 aliphatic carbocycles. The third-order valence-corrected chi connectivity index (χ3v) is 1.92. The van der Waals surface area contributed by atoms with Gasteiger partial charge in [0.1, 0.15) is 5.82 Å². The molecule has 1 aromatic heterocycles. The van der Waals surface area contributed by atoms with E-state index in [2.05, 4.69) is 4.98 Å². The number of rotatable bonds is 3. The Bertz CT molecular complexity index is 278. The van der Waals surface area contributed by atoms with Crippen molar-refractivity contribution in [3.8, 4) is 0 Å². The fourth-order valence-electron chi connectivity index (χ4n) is 1.22. The quantitative estimate of drug-likeness (QED) is 0.721. The third-order valence-electron chi connectivity index (χ3n) is 1.92. The predicted molar refractivity (Wildman–Crippen MR) is 51.2 cm³/mol. The summed E-state index contributed by atoms with van der Waals surface area (Å²) in [6.45, 7) is 6.14. The van der Waals surface area contributed by atoms with Crippen molar-refractivity contribution in [1.82, 2.24) is 9.55 Å². The molecule has 1 rings (SSSR count). The highest BCUT2D eigenvalue weighted by Gasteiger charge is 2.08. The SMILES string of the molecule is Cc1nc(C(C)N)cn1CC(C)O. The standard InChI is InChI=1S/C9H17N3O/c1-6(13)4-12-5-9(7(2)10)11-8(12)3/h5-7,13H,4,10H2,1-3H3. The topological polar surface area (TPSA) is 64.1 Å². The molecule has 2 atom stereocenters. The molecule has 0 aliphatic heterocycles. The molecule has 4 nitrogen and oxygen atoms in total. The molecule has 0 bridgehead atoms. The van der Waals surface area contributed by atoms with Crippen molar-refractivity contribution in [3.63, 3.8) is 0 Å². The van der Waals surface area contributed by atoms with E-state index >= 15 is 0 Å². The van der Waals surface area contributed by atoms with E-state index in [0.29, 0.717) is 6.54 Å². The Morgan fingerprint density at radius 1 is 1.62 bits per heavy atom. The first kappa shape index (κ1) is 10.2. The van der Waals surface area contributed by atoms with Gasteiger partial charge in [0.15, 0.2) is 0 Å². The monoisotopic (exact) mass is 183 g/mol. The van der Waals surface area contributed by atoms with Crippen molar-refractivity contribution in [2.75, 3.05) is 0 Å². The highest BCUT2D eigenvalue weighted by molar-refractivity contribution is 5.06. The van der Waals surface area contributed by atoms with Gasteiger partial charge in [0.25, 0.3) is 0 Å². The van der Waals surface area contributed by atoms with Crippen molar-refractivity contribution in [1.29, 1.82) is 0 Å². The van der Waals surface area contributed by atoms with Crippen LogP contribution in [-0.4, -0.2) is 20.8 Å². The van der Waals surface area contributed by atoms with Gasteiger partial charge in [0.2, 0.25) is 0 Å². The molecular formula is C9H17N3O. The molecule has 0 radical (unpaired) electrons. The molecule has 0 aromatic carbocycles. The maximum atomic E-state index is 9.20. The number of aliphatic hydroxyl groups excluding tert-OH is 1. The van der Waals surface area contributed by atoms with Crippen LogP contribution in [0.3, 0.4) is 0 Å². The number of hydrogen-bond donors (Lipinski definition) is 2. The summed E-state index contributed by atoms with van der Waals surface area (Å²) < 4.78 is 1.92. The van der Waals surface area contributed by atoms with Gasteiger partial charge in [-0.1, -0.05) is 0 Å². The average Bonchev–Trinajstić information content (AvgIpc) is 2.31. The lowest BCUT2D eigenvalue weighted by molar-refractivity contribution is 0.172. The van der Waals surface area contributed by atoms with Crippen LogP contribution in [0.2, 0.25) is 0 Å². The van der Waals surface area contributed by atoms with Crippen LogP contribution in [0.25, 0.3) is 0 Å². The molecule has 1 heterocycles. The second-order valence-corrected chi connectivity index (χ2v) is 3.50. The Labute approximate surface area is 78.4 Å². The van der Waals surface area contributed by atoms with Crippen molar-refractivity contribution in [2.45, 2.75) is 39.5 Å². The molecule has 2 unspecified atom stereocenters. The number of nitrogens with zero attached hydrogens (tertiary/aromatic N) is 2. The lowest BCUT2D eigenvalue weighted by Gasteiger charge is -2.06.